The molecule has 0 saturated heterocycles. The Morgan fingerprint density at radius 1 is 1.41 bits per heavy atom. The summed E-state index contributed by atoms with van der Waals surface area (Å²) in [5, 5.41) is 8.98. The quantitative estimate of drug-likeness (QED) is 0.791. The number of halogens is 2. The topological polar surface area (TPSA) is 56.0 Å². The van der Waals surface area contributed by atoms with Crippen molar-refractivity contribution in [2.24, 2.45) is 0 Å². The van der Waals surface area contributed by atoms with Crippen molar-refractivity contribution in [3.8, 4) is 0 Å². The number of nitrogens with zero attached hydrogens (tertiary/aromatic N) is 5. The summed E-state index contributed by atoms with van der Waals surface area (Å²) < 4.78 is 4.28. The minimum absolute atomic E-state index is 0.0528. The van der Waals surface area contributed by atoms with E-state index in [1.165, 1.54) is 0 Å². The molecule has 0 N–H and O–H groups in total. The van der Waals surface area contributed by atoms with E-state index in [4.69, 9.17) is 11.6 Å². The Hall–Kier alpha value is -1.34. The van der Waals surface area contributed by atoms with Crippen LogP contribution in [0.2, 0.25) is 5.02 Å². The molecule has 0 spiro atoms. The van der Waals surface area contributed by atoms with Crippen LogP contribution in [0.3, 0.4) is 0 Å². The molecule has 6 nitrogen and oxygen atoms in total. The van der Waals surface area contributed by atoms with Gasteiger partial charge in [-0.15, -0.1) is 0 Å². The maximum atomic E-state index is 12.8. The van der Waals surface area contributed by atoms with E-state index in [1.807, 2.05) is 20.8 Å². The molecule has 0 aliphatic rings. The first-order valence-electron chi connectivity index (χ1n) is 6.93. The highest BCUT2D eigenvalue weighted by Crippen LogP contribution is 2.22. The van der Waals surface area contributed by atoms with Crippen molar-refractivity contribution in [2.45, 2.75) is 39.4 Å². The van der Waals surface area contributed by atoms with Gasteiger partial charge in [0, 0.05) is 19.8 Å². The van der Waals surface area contributed by atoms with E-state index in [2.05, 4.69) is 26.1 Å². The van der Waals surface area contributed by atoms with Crippen LogP contribution in [0.4, 0.5) is 0 Å². The van der Waals surface area contributed by atoms with E-state index in [1.54, 1.807) is 39.9 Å². The fraction of sp³-hybridized carbons (Fsp3) is 0.500. The first kappa shape index (κ1) is 17.0. The van der Waals surface area contributed by atoms with E-state index in [-0.39, 0.29) is 5.91 Å². The summed E-state index contributed by atoms with van der Waals surface area (Å²) in [6.07, 6.45) is 5.06. The van der Waals surface area contributed by atoms with Gasteiger partial charge in [-0.3, -0.25) is 14.2 Å². The van der Waals surface area contributed by atoms with Crippen molar-refractivity contribution in [2.75, 3.05) is 7.05 Å². The van der Waals surface area contributed by atoms with Gasteiger partial charge in [0.25, 0.3) is 0 Å². The van der Waals surface area contributed by atoms with Crippen LogP contribution in [0.1, 0.15) is 26.5 Å². The molecule has 2 rings (SSSR count). The maximum Gasteiger partial charge on any atom is 0.250 e. The number of hydrogen-bond acceptors (Lipinski definition) is 3. The molecule has 0 aliphatic heterocycles. The largest absolute Gasteiger partial charge is 0.338 e. The maximum absolute atomic E-state index is 12.8. The minimum atomic E-state index is -0.787. The first-order valence-corrected chi connectivity index (χ1v) is 8.10. The Morgan fingerprint density at radius 3 is 2.64 bits per heavy atom. The molecule has 22 heavy (non-hydrogen) atoms. The predicted octanol–water partition coefficient (Wildman–Crippen LogP) is 2.91. The van der Waals surface area contributed by atoms with Crippen LogP contribution < -0.4 is 0 Å². The molecule has 1 amide bonds. The van der Waals surface area contributed by atoms with E-state index in [9.17, 15) is 4.79 Å². The lowest BCUT2D eigenvalue weighted by Crippen LogP contribution is -2.45. The van der Waals surface area contributed by atoms with Crippen molar-refractivity contribution in [3.63, 3.8) is 0 Å². The summed E-state index contributed by atoms with van der Waals surface area (Å²) in [7, 11) is 1.76. The number of carbonyl (C=O) groups excluding carboxylic acids is 1. The number of hydrogen-bond donors (Lipinski definition) is 0. The van der Waals surface area contributed by atoms with Crippen LogP contribution in [-0.4, -0.2) is 37.4 Å². The lowest BCUT2D eigenvalue weighted by atomic mass is 10.0. The lowest BCUT2D eigenvalue weighted by Gasteiger charge is -2.29. The highest BCUT2D eigenvalue weighted by molar-refractivity contribution is 9.10. The molecule has 120 valence electrons. The van der Waals surface area contributed by atoms with E-state index in [0.717, 1.165) is 10.2 Å². The molecule has 0 atom stereocenters. The second kappa shape index (κ2) is 6.42. The van der Waals surface area contributed by atoms with Gasteiger partial charge in [0.1, 0.15) is 5.54 Å². The zero-order valence-electron chi connectivity index (χ0n) is 13.0. The number of likely N-dealkylation sites (N-methyl/N-ethyl adjacent to an activating group) is 1. The smallest absolute Gasteiger partial charge is 0.250 e. The van der Waals surface area contributed by atoms with E-state index < -0.39 is 5.54 Å². The molecule has 2 heterocycles. The van der Waals surface area contributed by atoms with Crippen LogP contribution >= 0.6 is 27.5 Å². The van der Waals surface area contributed by atoms with Crippen molar-refractivity contribution in [1.82, 2.24) is 24.5 Å². The summed E-state index contributed by atoms with van der Waals surface area (Å²) in [6, 6.07) is 0. The van der Waals surface area contributed by atoms with Gasteiger partial charge in [-0.2, -0.15) is 10.2 Å². The van der Waals surface area contributed by atoms with Gasteiger partial charge in [-0.05, 0) is 36.7 Å². The van der Waals surface area contributed by atoms with Gasteiger partial charge >= 0.3 is 0 Å². The summed E-state index contributed by atoms with van der Waals surface area (Å²) in [5.74, 6) is -0.0528. The average molecular weight is 389 g/mol. The zero-order valence-corrected chi connectivity index (χ0v) is 15.4. The summed E-state index contributed by atoms with van der Waals surface area (Å²) in [6.45, 7) is 6.77. The Labute approximate surface area is 143 Å². The monoisotopic (exact) mass is 387 g/mol. The molecule has 0 saturated carbocycles. The second-order valence-electron chi connectivity index (χ2n) is 5.58. The fourth-order valence-corrected chi connectivity index (χ4v) is 2.77. The van der Waals surface area contributed by atoms with Gasteiger partial charge in [0.15, 0.2) is 0 Å². The highest BCUT2D eigenvalue weighted by Gasteiger charge is 2.33. The van der Waals surface area contributed by atoms with Gasteiger partial charge in [0.05, 0.1) is 34.1 Å². The van der Waals surface area contributed by atoms with Crippen molar-refractivity contribution in [3.05, 3.63) is 33.8 Å². The lowest BCUT2D eigenvalue weighted by molar-refractivity contribution is -0.139. The summed E-state index contributed by atoms with van der Waals surface area (Å²) in [5.41, 5.74) is 0.0436. The Balaban J connectivity index is 2.20. The zero-order chi connectivity index (χ0) is 16.5. The van der Waals surface area contributed by atoms with Gasteiger partial charge in [-0.25, -0.2) is 0 Å². The van der Waals surface area contributed by atoms with Crippen LogP contribution in [0.5, 0.6) is 0 Å². The number of carbonyl (C=O) groups is 1. The van der Waals surface area contributed by atoms with E-state index >= 15 is 0 Å². The van der Waals surface area contributed by atoms with Crippen LogP contribution in [0, 0.1) is 0 Å². The van der Waals surface area contributed by atoms with Crippen molar-refractivity contribution < 1.29 is 4.79 Å². The normalized spacial score (nSPS) is 11.7. The number of aryl methyl sites for hydroxylation is 1. The Morgan fingerprint density at radius 2 is 2.09 bits per heavy atom. The van der Waals surface area contributed by atoms with Crippen LogP contribution in [0.25, 0.3) is 0 Å². The SMILES string of the molecule is CCn1ncc(Cl)c1CN(C)C(=O)C(C)(C)n1cc(Br)cn1. The van der Waals surface area contributed by atoms with Crippen molar-refractivity contribution in [1.29, 1.82) is 0 Å². The third-order valence-corrected chi connectivity index (χ3v) is 4.30. The number of aromatic nitrogens is 4. The summed E-state index contributed by atoms with van der Waals surface area (Å²) in [4.78, 5) is 14.4. The predicted molar refractivity (Wildman–Crippen MR) is 88.6 cm³/mol. The molecule has 2 aromatic heterocycles. The standard InChI is InChI=1S/C14H19BrClN5O/c1-5-20-12(11(16)7-17-20)9-19(4)13(22)14(2,3)21-8-10(15)6-18-21/h6-8H,5,9H2,1-4H3. The molecule has 0 fully saturated rings. The molecular formula is C14H19BrClN5O. The second-order valence-corrected chi connectivity index (χ2v) is 6.90. The molecule has 0 radical (unpaired) electrons. The van der Waals surface area contributed by atoms with Gasteiger partial charge in [0.2, 0.25) is 5.91 Å². The molecule has 0 bridgehead atoms. The number of rotatable bonds is 5. The molecule has 0 unspecified atom stereocenters. The molecule has 0 aliphatic carbocycles. The number of amides is 1. The summed E-state index contributed by atoms with van der Waals surface area (Å²) >= 11 is 9.51. The van der Waals surface area contributed by atoms with Crippen LogP contribution in [0.15, 0.2) is 23.1 Å². The average Bonchev–Trinajstić information content (AvgIpc) is 3.05. The molecular weight excluding hydrogens is 370 g/mol. The first-order chi connectivity index (χ1) is 10.3. The highest BCUT2D eigenvalue weighted by atomic mass is 79.9. The third-order valence-electron chi connectivity index (χ3n) is 3.58. The third kappa shape index (κ3) is 3.20. The molecule has 0 aromatic carbocycles. The molecule has 2 aromatic rings. The molecule has 8 heteroatoms. The Kier molecular flexibility index (Phi) is 4.97. The van der Waals surface area contributed by atoms with Gasteiger partial charge in [-0.1, -0.05) is 11.6 Å². The minimum Gasteiger partial charge on any atom is -0.338 e. The van der Waals surface area contributed by atoms with Crippen molar-refractivity contribution >= 4 is 33.4 Å². The fourth-order valence-electron chi connectivity index (χ4n) is 2.29. The Bertz CT molecular complexity index is 679. The van der Waals surface area contributed by atoms with E-state index in [0.29, 0.717) is 18.1 Å². The van der Waals surface area contributed by atoms with Crippen LogP contribution in [-0.2, 0) is 23.4 Å². The van der Waals surface area contributed by atoms with Gasteiger partial charge < -0.3 is 4.90 Å².